The first-order chi connectivity index (χ1) is 9.95. The van der Waals surface area contributed by atoms with Crippen molar-refractivity contribution in [2.75, 3.05) is 17.2 Å². The number of hydrogen-bond acceptors (Lipinski definition) is 2. The Balaban J connectivity index is 1.95. The van der Waals surface area contributed by atoms with E-state index in [1.165, 1.54) is 0 Å². The van der Waals surface area contributed by atoms with Gasteiger partial charge in [-0.05, 0) is 30.3 Å². The van der Waals surface area contributed by atoms with Crippen molar-refractivity contribution in [3.05, 3.63) is 58.1 Å². The van der Waals surface area contributed by atoms with Crippen LogP contribution in [0.15, 0.2) is 36.4 Å². The van der Waals surface area contributed by atoms with Gasteiger partial charge in [0.05, 0.1) is 22.3 Å². The molecule has 0 aliphatic heterocycles. The van der Waals surface area contributed by atoms with Gasteiger partial charge < -0.3 is 10.6 Å². The Morgan fingerprint density at radius 3 is 2.52 bits per heavy atom. The quantitative estimate of drug-likeness (QED) is 0.876. The van der Waals surface area contributed by atoms with Gasteiger partial charge >= 0.3 is 0 Å². The van der Waals surface area contributed by atoms with Crippen molar-refractivity contribution in [2.45, 2.75) is 0 Å². The second kappa shape index (κ2) is 6.74. The molecule has 7 heteroatoms. The summed E-state index contributed by atoms with van der Waals surface area (Å²) in [7, 11) is 0. The normalized spacial score (nSPS) is 10.3. The molecule has 0 fully saturated rings. The highest BCUT2D eigenvalue weighted by Gasteiger charge is 2.08. The smallest absolute Gasteiger partial charge is 0.243 e. The predicted molar refractivity (Wildman–Crippen MR) is 79.9 cm³/mol. The van der Waals surface area contributed by atoms with Crippen molar-refractivity contribution < 1.29 is 13.6 Å². The number of carbonyl (C=O) groups is 1. The summed E-state index contributed by atoms with van der Waals surface area (Å²) in [5, 5.41) is 5.81. The fourth-order valence-corrected chi connectivity index (χ4v) is 1.87. The molecule has 0 unspecified atom stereocenters. The molecule has 2 rings (SSSR count). The first kappa shape index (κ1) is 15.5. The second-order valence-electron chi connectivity index (χ2n) is 4.15. The lowest BCUT2D eigenvalue weighted by molar-refractivity contribution is -0.114. The molecule has 0 saturated heterocycles. The molecule has 2 aromatic carbocycles. The zero-order valence-electron chi connectivity index (χ0n) is 10.6. The highest BCUT2D eigenvalue weighted by Crippen LogP contribution is 2.24. The summed E-state index contributed by atoms with van der Waals surface area (Å²) < 4.78 is 26.3. The van der Waals surface area contributed by atoms with Gasteiger partial charge in [0, 0.05) is 11.8 Å². The van der Waals surface area contributed by atoms with Crippen LogP contribution in [-0.4, -0.2) is 12.5 Å². The van der Waals surface area contributed by atoms with E-state index < -0.39 is 17.5 Å². The molecule has 0 atom stereocenters. The van der Waals surface area contributed by atoms with E-state index in [1.807, 2.05) is 0 Å². The van der Waals surface area contributed by atoms with Crippen molar-refractivity contribution >= 4 is 40.5 Å². The standard InChI is InChI=1S/C14H10Cl2F2N2O/c15-10-3-2-9(6-11(10)16)19-7-14(21)20-13-5-8(17)1-4-12(13)18/h1-6,19H,7H2,(H,20,21). The van der Waals surface area contributed by atoms with Gasteiger partial charge in [0.15, 0.2) is 0 Å². The van der Waals surface area contributed by atoms with Crippen LogP contribution in [0.1, 0.15) is 0 Å². The minimum Gasteiger partial charge on any atom is -0.376 e. The van der Waals surface area contributed by atoms with Crippen LogP contribution in [0.4, 0.5) is 20.2 Å². The molecule has 0 bridgehead atoms. The molecule has 0 saturated carbocycles. The second-order valence-corrected chi connectivity index (χ2v) is 4.97. The highest BCUT2D eigenvalue weighted by molar-refractivity contribution is 6.42. The summed E-state index contributed by atoms with van der Waals surface area (Å²) in [6, 6.07) is 7.60. The molecule has 0 aliphatic rings. The molecule has 0 heterocycles. The van der Waals surface area contributed by atoms with E-state index in [-0.39, 0.29) is 12.2 Å². The molecule has 1 amide bonds. The Labute approximate surface area is 129 Å². The number of carbonyl (C=O) groups excluding carboxylic acids is 1. The lowest BCUT2D eigenvalue weighted by Gasteiger charge is -2.09. The van der Waals surface area contributed by atoms with Crippen LogP contribution in [0.5, 0.6) is 0 Å². The first-order valence-corrected chi connectivity index (χ1v) is 6.65. The predicted octanol–water partition coefficient (Wildman–Crippen LogP) is 4.32. The number of rotatable bonds is 4. The van der Waals surface area contributed by atoms with E-state index >= 15 is 0 Å². The Bertz CT molecular complexity index is 680. The Hall–Kier alpha value is -1.85. The molecule has 3 nitrogen and oxygen atoms in total. The maximum atomic E-state index is 13.4. The van der Waals surface area contributed by atoms with Crippen molar-refractivity contribution in [2.24, 2.45) is 0 Å². The van der Waals surface area contributed by atoms with Gasteiger partial charge in [-0.25, -0.2) is 8.78 Å². The largest absolute Gasteiger partial charge is 0.376 e. The topological polar surface area (TPSA) is 41.1 Å². The van der Waals surface area contributed by atoms with Crippen LogP contribution in [0, 0.1) is 11.6 Å². The van der Waals surface area contributed by atoms with Gasteiger partial charge in [-0.15, -0.1) is 0 Å². The average Bonchev–Trinajstić information content (AvgIpc) is 2.44. The van der Waals surface area contributed by atoms with Gasteiger partial charge in [0.1, 0.15) is 11.6 Å². The number of hydrogen-bond donors (Lipinski definition) is 2. The summed E-state index contributed by atoms with van der Waals surface area (Å²) in [5.41, 5.74) is 0.371. The third-order valence-electron chi connectivity index (χ3n) is 2.58. The summed E-state index contributed by atoms with van der Waals surface area (Å²) in [5.74, 6) is -1.87. The molecular weight excluding hydrogens is 321 g/mol. The Morgan fingerprint density at radius 2 is 1.81 bits per heavy atom. The van der Waals surface area contributed by atoms with Gasteiger partial charge in [0.2, 0.25) is 5.91 Å². The van der Waals surface area contributed by atoms with Gasteiger partial charge in [-0.2, -0.15) is 0 Å². The first-order valence-electron chi connectivity index (χ1n) is 5.89. The molecule has 2 N–H and O–H groups in total. The van der Waals surface area contributed by atoms with Crippen LogP contribution >= 0.6 is 23.2 Å². The van der Waals surface area contributed by atoms with Gasteiger partial charge in [0.25, 0.3) is 0 Å². The maximum Gasteiger partial charge on any atom is 0.243 e. The Kier molecular flexibility index (Phi) is 4.98. The van der Waals surface area contributed by atoms with Crippen LogP contribution in [0.2, 0.25) is 10.0 Å². The highest BCUT2D eigenvalue weighted by atomic mass is 35.5. The van der Waals surface area contributed by atoms with E-state index in [9.17, 15) is 13.6 Å². The van der Waals surface area contributed by atoms with Crippen LogP contribution in [0.3, 0.4) is 0 Å². The number of nitrogens with one attached hydrogen (secondary N) is 2. The molecule has 0 aromatic heterocycles. The zero-order valence-corrected chi connectivity index (χ0v) is 12.1. The monoisotopic (exact) mass is 330 g/mol. The van der Waals surface area contributed by atoms with E-state index in [0.29, 0.717) is 15.7 Å². The number of halogens is 4. The number of benzene rings is 2. The minimum absolute atomic E-state index is 0.131. The summed E-state index contributed by atoms with van der Waals surface area (Å²) in [4.78, 5) is 11.7. The van der Waals surface area contributed by atoms with Crippen LogP contribution < -0.4 is 10.6 Å². The van der Waals surface area contributed by atoms with E-state index in [2.05, 4.69) is 10.6 Å². The van der Waals surface area contributed by atoms with Crippen molar-refractivity contribution in [3.8, 4) is 0 Å². The summed E-state index contributed by atoms with van der Waals surface area (Å²) >= 11 is 11.6. The van der Waals surface area contributed by atoms with E-state index in [0.717, 1.165) is 18.2 Å². The van der Waals surface area contributed by atoms with Crippen LogP contribution in [-0.2, 0) is 4.79 Å². The third kappa shape index (κ3) is 4.31. The maximum absolute atomic E-state index is 13.4. The summed E-state index contributed by atoms with van der Waals surface area (Å²) in [6.45, 7) is -0.131. The summed E-state index contributed by atoms with van der Waals surface area (Å²) in [6.07, 6.45) is 0. The molecule has 2 aromatic rings. The fraction of sp³-hybridized carbons (Fsp3) is 0.0714. The fourth-order valence-electron chi connectivity index (χ4n) is 1.58. The SMILES string of the molecule is O=C(CNc1ccc(Cl)c(Cl)c1)Nc1cc(F)ccc1F. The Morgan fingerprint density at radius 1 is 1.05 bits per heavy atom. The number of anilines is 2. The third-order valence-corrected chi connectivity index (χ3v) is 3.31. The molecule has 0 spiro atoms. The lowest BCUT2D eigenvalue weighted by atomic mass is 10.3. The van der Waals surface area contributed by atoms with Gasteiger partial charge in [-0.3, -0.25) is 4.79 Å². The van der Waals surface area contributed by atoms with Gasteiger partial charge in [-0.1, -0.05) is 23.2 Å². The molecule has 110 valence electrons. The minimum atomic E-state index is -0.709. The van der Waals surface area contributed by atoms with E-state index in [1.54, 1.807) is 18.2 Å². The zero-order chi connectivity index (χ0) is 15.4. The average molecular weight is 331 g/mol. The molecular formula is C14H10Cl2F2N2O. The van der Waals surface area contributed by atoms with Crippen molar-refractivity contribution in [1.82, 2.24) is 0 Å². The molecule has 0 radical (unpaired) electrons. The molecule has 0 aliphatic carbocycles. The van der Waals surface area contributed by atoms with Crippen molar-refractivity contribution in [1.29, 1.82) is 0 Å². The van der Waals surface area contributed by atoms with E-state index in [4.69, 9.17) is 23.2 Å². The molecule has 21 heavy (non-hydrogen) atoms. The van der Waals surface area contributed by atoms with Crippen LogP contribution in [0.25, 0.3) is 0 Å². The number of amides is 1. The lowest BCUT2D eigenvalue weighted by Crippen LogP contribution is -2.22. The van der Waals surface area contributed by atoms with Crippen molar-refractivity contribution in [3.63, 3.8) is 0 Å².